The van der Waals surface area contributed by atoms with Crippen molar-refractivity contribution in [2.45, 2.75) is 38.3 Å². The first kappa shape index (κ1) is 14.5. The Labute approximate surface area is 118 Å². The number of nitrogens with two attached hydrogens (primary N) is 2. The Hall–Kier alpha value is -0.910. The molecule has 0 spiro atoms. The smallest absolute Gasteiger partial charge is 0.217 e. The molecule has 1 aromatic rings. The number of amides is 1. The number of nitrogens with zero attached hydrogens (tertiary/aromatic N) is 1. The molecular weight excluding hydrogens is 258 g/mol. The summed E-state index contributed by atoms with van der Waals surface area (Å²) in [6.45, 7) is 4.07. The minimum atomic E-state index is -0.180. The molecule has 1 aromatic heterocycles. The van der Waals surface area contributed by atoms with Crippen molar-refractivity contribution in [1.82, 2.24) is 4.90 Å². The highest BCUT2D eigenvalue weighted by Crippen LogP contribution is 2.31. The predicted octanol–water partition coefficient (Wildman–Crippen LogP) is 1.72. The molecule has 0 bridgehead atoms. The predicted molar refractivity (Wildman–Crippen MR) is 78.8 cm³/mol. The normalized spacial score (nSPS) is 21.2. The minimum absolute atomic E-state index is 0.117. The average molecular weight is 281 g/mol. The van der Waals surface area contributed by atoms with Gasteiger partial charge in [0, 0.05) is 17.3 Å². The van der Waals surface area contributed by atoms with Gasteiger partial charge in [0.1, 0.15) is 0 Å². The van der Waals surface area contributed by atoms with Gasteiger partial charge in [0.2, 0.25) is 5.91 Å². The zero-order valence-electron chi connectivity index (χ0n) is 11.4. The van der Waals surface area contributed by atoms with Gasteiger partial charge in [0.25, 0.3) is 0 Å². The molecule has 106 valence electrons. The summed E-state index contributed by atoms with van der Waals surface area (Å²) in [5, 5.41) is 2.10. The first-order valence-electron chi connectivity index (χ1n) is 6.89. The van der Waals surface area contributed by atoms with Crippen molar-refractivity contribution in [1.29, 1.82) is 0 Å². The van der Waals surface area contributed by atoms with E-state index in [1.54, 1.807) is 11.3 Å². The molecule has 2 unspecified atom stereocenters. The second-order valence-electron chi connectivity index (χ2n) is 5.47. The molecule has 2 rings (SSSR count). The van der Waals surface area contributed by atoms with Gasteiger partial charge in [-0.15, -0.1) is 11.3 Å². The molecule has 5 heteroatoms. The summed E-state index contributed by atoms with van der Waals surface area (Å²) >= 11 is 1.77. The van der Waals surface area contributed by atoms with E-state index in [2.05, 4.69) is 29.3 Å². The van der Waals surface area contributed by atoms with Crippen molar-refractivity contribution in [3.05, 3.63) is 22.4 Å². The number of hydrogen-bond acceptors (Lipinski definition) is 4. The van der Waals surface area contributed by atoms with Crippen molar-refractivity contribution < 1.29 is 4.79 Å². The molecular formula is C14H23N3OS. The molecule has 1 fully saturated rings. The number of rotatable bonds is 5. The van der Waals surface area contributed by atoms with E-state index < -0.39 is 0 Å². The average Bonchev–Trinajstić information content (AvgIpc) is 2.84. The molecule has 0 aliphatic carbocycles. The summed E-state index contributed by atoms with van der Waals surface area (Å²) in [5.41, 5.74) is 11.4. The van der Waals surface area contributed by atoms with Crippen LogP contribution in [0, 0.1) is 5.92 Å². The highest BCUT2D eigenvalue weighted by Gasteiger charge is 2.29. The Morgan fingerprint density at radius 3 is 2.68 bits per heavy atom. The molecule has 0 saturated carbocycles. The second kappa shape index (κ2) is 6.50. The van der Waals surface area contributed by atoms with E-state index in [0.717, 1.165) is 25.9 Å². The van der Waals surface area contributed by atoms with Gasteiger partial charge in [0.15, 0.2) is 0 Å². The van der Waals surface area contributed by atoms with Gasteiger partial charge in [0.05, 0.1) is 6.04 Å². The maximum absolute atomic E-state index is 11.0. The van der Waals surface area contributed by atoms with E-state index in [1.807, 2.05) is 0 Å². The lowest BCUT2D eigenvalue weighted by Gasteiger charge is -2.38. The Kier molecular flexibility index (Phi) is 4.96. The highest BCUT2D eigenvalue weighted by molar-refractivity contribution is 7.10. The van der Waals surface area contributed by atoms with Crippen LogP contribution in [-0.4, -0.2) is 29.9 Å². The molecule has 1 aliphatic heterocycles. The molecule has 4 nitrogen and oxygen atoms in total. The number of primary amides is 1. The van der Waals surface area contributed by atoms with Crippen LogP contribution in [0.3, 0.4) is 0 Å². The van der Waals surface area contributed by atoms with E-state index in [1.165, 1.54) is 4.88 Å². The summed E-state index contributed by atoms with van der Waals surface area (Å²) in [6.07, 6.45) is 2.60. The maximum atomic E-state index is 11.0. The van der Waals surface area contributed by atoms with Gasteiger partial charge in [-0.1, -0.05) is 6.07 Å². The molecule has 19 heavy (non-hydrogen) atoms. The van der Waals surface area contributed by atoms with E-state index >= 15 is 0 Å². The quantitative estimate of drug-likeness (QED) is 0.863. The lowest BCUT2D eigenvalue weighted by Crippen LogP contribution is -2.43. The summed E-state index contributed by atoms with van der Waals surface area (Å²) in [4.78, 5) is 14.8. The molecule has 0 aromatic carbocycles. The second-order valence-corrected chi connectivity index (χ2v) is 6.45. The summed E-state index contributed by atoms with van der Waals surface area (Å²) in [6, 6.07) is 4.66. The monoisotopic (exact) mass is 281 g/mol. The molecule has 0 radical (unpaired) electrons. The number of likely N-dealkylation sites (tertiary alicyclic amines) is 1. The van der Waals surface area contributed by atoms with E-state index in [9.17, 15) is 4.79 Å². The molecule has 2 heterocycles. The largest absolute Gasteiger partial charge is 0.370 e. The zero-order chi connectivity index (χ0) is 13.8. The molecule has 2 atom stereocenters. The molecule has 1 aliphatic rings. The third-order valence-corrected chi connectivity index (χ3v) is 4.81. The summed E-state index contributed by atoms with van der Waals surface area (Å²) in [7, 11) is 0. The molecule has 4 N–H and O–H groups in total. The van der Waals surface area contributed by atoms with Crippen LogP contribution in [0.1, 0.15) is 37.1 Å². The Morgan fingerprint density at radius 2 is 2.21 bits per heavy atom. The van der Waals surface area contributed by atoms with Gasteiger partial charge in [-0.25, -0.2) is 0 Å². The van der Waals surface area contributed by atoms with E-state index in [4.69, 9.17) is 11.5 Å². The lowest BCUT2D eigenvalue weighted by atomic mass is 9.91. The van der Waals surface area contributed by atoms with Gasteiger partial charge in [-0.3, -0.25) is 9.69 Å². The fraction of sp³-hybridized carbons (Fsp3) is 0.643. The van der Waals surface area contributed by atoms with Crippen LogP contribution in [0.15, 0.2) is 17.5 Å². The van der Waals surface area contributed by atoms with Crippen molar-refractivity contribution in [2.24, 2.45) is 17.4 Å². The Morgan fingerprint density at radius 1 is 1.53 bits per heavy atom. The fourth-order valence-electron chi connectivity index (χ4n) is 2.95. The number of carbonyl (C=O) groups is 1. The van der Waals surface area contributed by atoms with Crippen LogP contribution in [0.25, 0.3) is 0 Å². The summed E-state index contributed by atoms with van der Waals surface area (Å²) < 4.78 is 0. The van der Waals surface area contributed by atoms with Crippen LogP contribution in [-0.2, 0) is 4.79 Å². The topological polar surface area (TPSA) is 72.3 Å². The van der Waals surface area contributed by atoms with Gasteiger partial charge < -0.3 is 11.5 Å². The van der Waals surface area contributed by atoms with Gasteiger partial charge in [-0.05, 0) is 50.2 Å². The number of piperidine rings is 1. The third kappa shape index (κ3) is 3.78. The number of carbonyl (C=O) groups excluding carboxylic acids is 1. The molecule has 1 amide bonds. The first-order valence-corrected chi connectivity index (χ1v) is 7.77. The van der Waals surface area contributed by atoms with Crippen molar-refractivity contribution >= 4 is 17.2 Å². The van der Waals surface area contributed by atoms with Crippen LogP contribution >= 0.6 is 11.3 Å². The van der Waals surface area contributed by atoms with Crippen molar-refractivity contribution in [3.63, 3.8) is 0 Å². The number of hydrogen-bond donors (Lipinski definition) is 2. The van der Waals surface area contributed by atoms with Crippen molar-refractivity contribution in [2.75, 3.05) is 13.1 Å². The molecule has 1 saturated heterocycles. The van der Waals surface area contributed by atoms with Gasteiger partial charge >= 0.3 is 0 Å². The van der Waals surface area contributed by atoms with Crippen LogP contribution in [0.4, 0.5) is 0 Å². The zero-order valence-corrected chi connectivity index (χ0v) is 12.2. The van der Waals surface area contributed by atoms with Gasteiger partial charge in [-0.2, -0.15) is 0 Å². The SMILES string of the molecule is CC(N)C(c1cccs1)N1CCC(CC(N)=O)CC1. The summed E-state index contributed by atoms with van der Waals surface area (Å²) in [5.74, 6) is 0.270. The van der Waals surface area contributed by atoms with Crippen molar-refractivity contribution in [3.8, 4) is 0 Å². The Balaban J connectivity index is 1.96. The fourth-order valence-corrected chi connectivity index (χ4v) is 3.93. The lowest BCUT2D eigenvalue weighted by molar-refractivity contribution is -0.119. The minimum Gasteiger partial charge on any atom is -0.370 e. The third-order valence-electron chi connectivity index (χ3n) is 3.87. The van der Waals surface area contributed by atoms with Crippen LogP contribution < -0.4 is 11.5 Å². The maximum Gasteiger partial charge on any atom is 0.217 e. The Bertz CT molecular complexity index is 397. The highest BCUT2D eigenvalue weighted by atomic mass is 32.1. The van der Waals surface area contributed by atoms with Crippen LogP contribution in [0.5, 0.6) is 0 Å². The van der Waals surface area contributed by atoms with E-state index in [0.29, 0.717) is 18.4 Å². The van der Waals surface area contributed by atoms with Crippen LogP contribution in [0.2, 0.25) is 0 Å². The standard InChI is InChI=1S/C14H23N3OS/c1-10(15)14(12-3-2-8-19-12)17-6-4-11(5-7-17)9-13(16)18/h2-3,8,10-11,14H,4-7,9,15H2,1H3,(H2,16,18). The van der Waals surface area contributed by atoms with E-state index in [-0.39, 0.29) is 11.9 Å². The number of thiophene rings is 1. The first-order chi connectivity index (χ1) is 9.08.